The van der Waals surface area contributed by atoms with Crippen LogP contribution in [0.3, 0.4) is 0 Å². The lowest BCUT2D eigenvalue weighted by molar-refractivity contribution is -0.137. The summed E-state index contributed by atoms with van der Waals surface area (Å²) in [5.74, 6) is -1.05. The van der Waals surface area contributed by atoms with E-state index in [0.717, 1.165) is 12.1 Å². The zero-order valence-corrected chi connectivity index (χ0v) is 16.1. The Morgan fingerprint density at radius 2 is 2.00 bits per heavy atom. The number of benzene rings is 1. The average molecular weight is 468 g/mol. The lowest BCUT2D eigenvalue weighted by Crippen LogP contribution is -2.32. The summed E-state index contributed by atoms with van der Waals surface area (Å²) in [6.45, 7) is 1.63. The van der Waals surface area contributed by atoms with Crippen LogP contribution in [-0.4, -0.2) is 22.0 Å². The standard InChI is InChI=1S/C17H12BrClF4N2O2/c1-8-15(9-4-10(17(21,22)23)6-11(20)5-9)27-16(26)25(8)7-13-12(18)2-3-14(19)24-13/h2-6,8,15H,7H2,1H3/t8-,15?/m0/s1. The number of carbonyl (C=O) groups excluding carboxylic acids is 1. The van der Waals surface area contributed by atoms with E-state index in [-0.39, 0.29) is 17.3 Å². The number of cyclic esters (lactones) is 1. The van der Waals surface area contributed by atoms with Gasteiger partial charge in [0.1, 0.15) is 17.1 Å². The van der Waals surface area contributed by atoms with Crippen LogP contribution >= 0.6 is 27.5 Å². The predicted octanol–water partition coefficient (Wildman–Crippen LogP) is 5.74. The Hall–Kier alpha value is -1.87. The van der Waals surface area contributed by atoms with Gasteiger partial charge in [-0.1, -0.05) is 11.6 Å². The number of ether oxygens (including phenoxy) is 1. The number of aromatic nitrogens is 1. The number of carbonyl (C=O) groups is 1. The molecule has 2 atom stereocenters. The number of amides is 1. The SMILES string of the molecule is C[C@H]1C(c2cc(F)cc(C(F)(F)F)c2)OC(=O)N1Cc1nc(Cl)ccc1Br. The first-order valence-electron chi connectivity index (χ1n) is 7.72. The van der Waals surface area contributed by atoms with Gasteiger partial charge in [-0.15, -0.1) is 0 Å². The first-order chi connectivity index (χ1) is 12.6. The summed E-state index contributed by atoms with van der Waals surface area (Å²) in [7, 11) is 0. The fraction of sp³-hybridized carbons (Fsp3) is 0.294. The van der Waals surface area contributed by atoms with Crippen LogP contribution in [0.25, 0.3) is 0 Å². The molecule has 1 saturated heterocycles. The van der Waals surface area contributed by atoms with Crippen molar-refractivity contribution in [1.29, 1.82) is 0 Å². The second-order valence-electron chi connectivity index (χ2n) is 6.01. The summed E-state index contributed by atoms with van der Waals surface area (Å²) < 4.78 is 58.4. The summed E-state index contributed by atoms with van der Waals surface area (Å²) >= 11 is 9.17. The Kier molecular flexibility index (Phi) is 5.36. The highest BCUT2D eigenvalue weighted by Gasteiger charge is 2.41. The Morgan fingerprint density at radius 1 is 1.30 bits per heavy atom. The molecule has 2 aromatic rings. The summed E-state index contributed by atoms with van der Waals surface area (Å²) in [5, 5.41) is 0.227. The molecule has 1 aromatic heterocycles. The lowest BCUT2D eigenvalue weighted by Gasteiger charge is -2.21. The molecular formula is C17H12BrClF4N2O2. The summed E-state index contributed by atoms with van der Waals surface area (Å²) in [4.78, 5) is 17.7. The van der Waals surface area contributed by atoms with E-state index in [4.69, 9.17) is 16.3 Å². The van der Waals surface area contributed by atoms with E-state index in [9.17, 15) is 22.4 Å². The van der Waals surface area contributed by atoms with Crippen LogP contribution in [0.5, 0.6) is 0 Å². The molecule has 10 heteroatoms. The van der Waals surface area contributed by atoms with Crippen LogP contribution in [0.2, 0.25) is 5.15 Å². The molecule has 0 spiro atoms. The van der Waals surface area contributed by atoms with Crippen molar-refractivity contribution in [2.24, 2.45) is 0 Å². The van der Waals surface area contributed by atoms with Crippen LogP contribution in [0, 0.1) is 5.82 Å². The molecule has 1 aliphatic heterocycles. The monoisotopic (exact) mass is 466 g/mol. The third-order valence-corrected chi connectivity index (χ3v) is 5.11. The van der Waals surface area contributed by atoms with Gasteiger partial charge in [-0.25, -0.2) is 14.2 Å². The molecule has 0 bridgehead atoms. The molecule has 0 aliphatic carbocycles. The van der Waals surface area contributed by atoms with Crippen molar-refractivity contribution >= 4 is 33.6 Å². The maximum atomic E-state index is 13.7. The minimum Gasteiger partial charge on any atom is -0.439 e. The van der Waals surface area contributed by atoms with Gasteiger partial charge in [-0.3, -0.25) is 4.90 Å². The van der Waals surface area contributed by atoms with Crippen molar-refractivity contribution in [3.05, 3.63) is 62.6 Å². The van der Waals surface area contributed by atoms with E-state index in [1.54, 1.807) is 19.1 Å². The van der Waals surface area contributed by atoms with E-state index in [0.29, 0.717) is 16.2 Å². The molecule has 3 rings (SSSR count). The minimum absolute atomic E-state index is 0.0269. The van der Waals surface area contributed by atoms with Crippen molar-refractivity contribution in [3.63, 3.8) is 0 Å². The molecule has 1 aliphatic rings. The Balaban J connectivity index is 1.89. The highest BCUT2D eigenvalue weighted by atomic mass is 79.9. The molecular weight excluding hydrogens is 456 g/mol. The van der Waals surface area contributed by atoms with Gasteiger partial charge in [-0.2, -0.15) is 13.2 Å². The molecule has 1 amide bonds. The van der Waals surface area contributed by atoms with Gasteiger partial charge in [0.25, 0.3) is 0 Å². The highest BCUT2D eigenvalue weighted by Crippen LogP contribution is 2.37. The van der Waals surface area contributed by atoms with Crippen LogP contribution in [-0.2, 0) is 17.5 Å². The Morgan fingerprint density at radius 3 is 2.67 bits per heavy atom. The van der Waals surface area contributed by atoms with Crippen molar-refractivity contribution in [2.75, 3.05) is 0 Å². The quantitative estimate of drug-likeness (QED) is 0.427. The van der Waals surface area contributed by atoms with Gasteiger partial charge >= 0.3 is 12.3 Å². The Bertz CT molecular complexity index is 894. The number of alkyl halides is 3. The minimum atomic E-state index is -4.71. The molecule has 1 fully saturated rings. The first kappa shape index (κ1) is 19.9. The maximum absolute atomic E-state index is 13.7. The summed E-state index contributed by atoms with van der Waals surface area (Å²) in [6, 6.07) is 4.70. The third-order valence-electron chi connectivity index (χ3n) is 4.17. The number of hydrogen-bond acceptors (Lipinski definition) is 3. The van der Waals surface area contributed by atoms with Crippen molar-refractivity contribution in [1.82, 2.24) is 9.88 Å². The van der Waals surface area contributed by atoms with Crippen LogP contribution in [0.15, 0.2) is 34.8 Å². The zero-order valence-electron chi connectivity index (χ0n) is 13.7. The van der Waals surface area contributed by atoms with E-state index in [1.807, 2.05) is 0 Å². The van der Waals surface area contributed by atoms with Gasteiger partial charge in [0, 0.05) is 4.47 Å². The molecule has 4 nitrogen and oxygen atoms in total. The second-order valence-corrected chi connectivity index (χ2v) is 7.25. The van der Waals surface area contributed by atoms with Crippen molar-refractivity contribution in [3.8, 4) is 0 Å². The van der Waals surface area contributed by atoms with Crippen LogP contribution < -0.4 is 0 Å². The van der Waals surface area contributed by atoms with Gasteiger partial charge in [-0.05, 0) is 58.7 Å². The molecule has 0 N–H and O–H groups in total. The molecule has 144 valence electrons. The fourth-order valence-electron chi connectivity index (χ4n) is 2.83. The zero-order chi connectivity index (χ0) is 19.9. The van der Waals surface area contributed by atoms with Crippen molar-refractivity contribution in [2.45, 2.75) is 31.8 Å². The molecule has 1 aromatic carbocycles. The van der Waals surface area contributed by atoms with Gasteiger partial charge in [0.05, 0.1) is 23.8 Å². The van der Waals surface area contributed by atoms with E-state index >= 15 is 0 Å². The second kappa shape index (κ2) is 7.27. The largest absolute Gasteiger partial charge is 0.439 e. The van der Waals surface area contributed by atoms with E-state index in [2.05, 4.69) is 20.9 Å². The highest BCUT2D eigenvalue weighted by molar-refractivity contribution is 9.10. The molecule has 27 heavy (non-hydrogen) atoms. The first-order valence-corrected chi connectivity index (χ1v) is 8.89. The number of pyridine rings is 1. The Labute approximate surface area is 165 Å². The molecule has 2 heterocycles. The van der Waals surface area contributed by atoms with Gasteiger partial charge in [0.2, 0.25) is 0 Å². The number of rotatable bonds is 3. The topological polar surface area (TPSA) is 42.4 Å². The lowest BCUT2D eigenvalue weighted by atomic mass is 10.0. The van der Waals surface area contributed by atoms with Crippen LogP contribution in [0.4, 0.5) is 22.4 Å². The molecule has 1 unspecified atom stereocenters. The fourth-order valence-corrected chi connectivity index (χ4v) is 3.34. The summed E-state index contributed by atoms with van der Waals surface area (Å²) in [6.07, 6.45) is -6.50. The van der Waals surface area contributed by atoms with Crippen molar-refractivity contribution < 1.29 is 27.1 Å². The molecule has 0 saturated carbocycles. The van der Waals surface area contributed by atoms with E-state index in [1.165, 1.54) is 4.90 Å². The normalized spacial score (nSPS) is 20.1. The number of hydrogen-bond donors (Lipinski definition) is 0. The smallest absolute Gasteiger partial charge is 0.416 e. The predicted molar refractivity (Wildman–Crippen MR) is 92.6 cm³/mol. The number of nitrogens with zero attached hydrogens (tertiary/aromatic N) is 2. The third kappa shape index (κ3) is 4.19. The average Bonchev–Trinajstić information content (AvgIpc) is 2.85. The summed E-state index contributed by atoms with van der Waals surface area (Å²) in [5.41, 5.74) is -0.746. The van der Waals surface area contributed by atoms with Gasteiger partial charge < -0.3 is 4.74 Å². The van der Waals surface area contributed by atoms with E-state index < -0.39 is 35.8 Å². The maximum Gasteiger partial charge on any atom is 0.416 e. The molecule has 0 radical (unpaired) electrons. The van der Waals surface area contributed by atoms with Gasteiger partial charge in [0.15, 0.2) is 0 Å². The number of halogens is 6. The van der Waals surface area contributed by atoms with Crippen LogP contribution in [0.1, 0.15) is 29.8 Å².